The van der Waals surface area contributed by atoms with Crippen LogP contribution in [-0.4, -0.2) is 33.3 Å². The van der Waals surface area contributed by atoms with Gasteiger partial charge in [0.05, 0.1) is 17.4 Å². The molecule has 2 N–H and O–H groups in total. The summed E-state index contributed by atoms with van der Waals surface area (Å²) in [5.41, 5.74) is 5.06. The highest BCUT2D eigenvalue weighted by atomic mass is 15.2. The van der Waals surface area contributed by atoms with Gasteiger partial charge in [-0.2, -0.15) is 15.2 Å². The van der Waals surface area contributed by atoms with Gasteiger partial charge in [-0.15, -0.1) is 0 Å². The predicted octanol–water partition coefficient (Wildman–Crippen LogP) is 5.21. The molecular weight excluding hydrogens is 386 g/mol. The van der Waals surface area contributed by atoms with Crippen LogP contribution in [-0.2, 0) is 0 Å². The van der Waals surface area contributed by atoms with E-state index in [0.717, 1.165) is 40.9 Å². The first-order chi connectivity index (χ1) is 15.3. The average Bonchev–Trinajstić information content (AvgIpc) is 2.81. The molecule has 0 radical (unpaired) electrons. The molecule has 2 aromatic carbocycles. The van der Waals surface area contributed by atoms with Crippen LogP contribution in [0, 0.1) is 6.92 Å². The van der Waals surface area contributed by atoms with Crippen LogP contribution in [0.25, 0.3) is 10.9 Å². The number of anilines is 5. The molecule has 0 amide bonds. The normalized spacial score (nSPS) is 13.9. The lowest BCUT2D eigenvalue weighted by Gasteiger charge is -2.29. The van der Waals surface area contributed by atoms with Crippen molar-refractivity contribution in [3.05, 3.63) is 66.5 Å². The Morgan fingerprint density at radius 3 is 2.71 bits per heavy atom. The monoisotopic (exact) mass is 411 g/mol. The minimum absolute atomic E-state index is 0.545. The predicted molar refractivity (Wildman–Crippen MR) is 125 cm³/mol. The second kappa shape index (κ2) is 8.55. The van der Waals surface area contributed by atoms with E-state index in [4.69, 9.17) is 0 Å². The summed E-state index contributed by atoms with van der Waals surface area (Å²) in [6.45, 7) is 4.27. The number of hydrogen-bond acceptors (Lipinski definition) is 7. The number of benzene rings is 2. The van der Waals surface area contributed by atoms with Crippen LogP contribution in [0.3, 0.4) is 0 Å². The van der Waals surface area contributed by atoms with Gasteiger partial charge < -0.3 is 15.5 Å². The molecule has 2 aromatic heterocycles. The smallest absolute Gasteiger partial charge is 0.229 e. The zero-order chi connectivity index (χ0) is 21.0. The molecule has 1 aliphatic rings. The van der Waals surface area contributed by atoms with Gasteiger partial charge >= 0.3 is 0 Å². The molecule has 0 aliphatic carbocycles. The van der Waals surface area contributed by atoms with Crippen molar-refractivity contribution in [2.75, 3.05) is 28.6 Å². The molecule has 1 aliphatic heterocycles. The molecule has 7 heteroatoms. The summed E-state index contributed by atoms with van der Waals surface area (Å²) < 4.78 is 0. The Morgan fingerprint density at radius 1 is 0.935 bits per heavy atom. The zero-order valence-corrected chi connectivity index (χ0v) is 17.5. The summed E-state index contributed by atoms with van der Waals surface area (Å²) >= 11 is 0. The number of aryl methyl sites for hydroxylation is 1. The van der Waals surface area contributed by atoms with Crippen molar-refractivity contribution in [1.82, 2.24) is 20.2 Å². The van der Waals surface area contributed by atoms with Crippen molar-refractivity contribution >= 4 is 39.7 Å². The summed E-state index contributed by atoms with van der Waals surface area (Å²) in [5, 5.41) is 16.1. The Kier molecular flexibility index (Phi) is 5.31. The summed E-state index contributed by atoms with van der Waals surface area (Å²) in [7, 11) is 0. The molecule has 1 fully saturated rings. The first-order valence-electron chi connectivity index (χ1n) is 10.7. The molecule has 0 unspecified atom stereocenters. The van der Waals surface area contributed by atoms with E-state index >= 15 is 0 Å². The average molecular weight is 412 g/mol. The van der Waals surface area contributed by atoms with Crippen molar-refractivity contribution in [2.24, 2.45) is 0 Å². The Balaban J connectivity index is 1.36. The lowest BCUT2D eigenvalue weighted by Crippen LogP contribution is -2.29. The van der Waals surface area contributed by atoms with Crippen LogP contribution in [0.5, 0.6) is 0 Å². The third-order valence-corrected chi connectivity index (χ3v) is 5.61. The van der Waals surface area contributed by atoms with Gasteiger partial charge in [0.15, 0.2) is 0 Å². The van der Waals surface area contributed by atoms with Crippen LogP contribution >= 0.6 is 0 Å². The lowest BCUT2D eigenvalue weighted by molar-refractivity contribution is 0.578. The molecule has 156 valence electrons. The minimum Gasteiger partial charge on any atom is -0.371 e. The van der Waals surface area contributed by atoms with E-state index < -0.39 is 0 Å². The third kappa shape index (κ3) is 4.26. The number of rotatable bonds is 5. The fourth-order valence-electron chi connectivity index (χ4n) is 4.01. The number of nitrogens with one attached hydrogen (secondary N) is 2. The van der Waals surface area contributed by atoms with E-state index in [2.05, 4.69) is 53.9 Å². The van der Waals surface area contributed by atoms with Crippen LogP contribution in [0.15, 0.2) is 60.9 Å². The van der Waals surface area contributed by atoms with Gasteiger partial charge in [0.25, 0.3) is 0 Å². The second-order valence-electron chi connectivity index (χ2n) is 7.84. The molecular formula is C24H25N7. The number of nitrogens with zero attached hydrogens (tertiary/aromatic N) is 5. The van der Waals surface area contributed by atoms with Gasteiger partial charge in [-0.25, -0.2) is 4.98 Å². The van der Waals surface area contributed by atoms with Gasteiger partial charge in [-0.05, 0) is 56.0 Å². The summed E-state index contributed by atoms with van der Waals surface area (Å²) in [4.78, 5) is 11.5. The topological polar surface area (TPSA) is 78.9 Å². The Hall–Kier alpha value is -3.74. The number of piperidine rings is 1. The molecule has 0 atom stereocenters. The van der Waals surface area contributed by atoms with Gasteiger partial charge in [-0.1, -0.05) is 24.3 Å². The first kappa shape index (κ1) is 19.2. The number of hydrogen-bond donors (Lipinski definition) is 2. The molecule has 4 aromatic rings. The van der Waals surface area contributed by atoms with Gasteiger partial charge in [-0.3, -0.25) is 0 Å². The largest absolute Gasteiger partial charge is 0.371 e. The van der Waals surface area contributed by atoms with E-state index in [1.807, 2.05) is 37.3 Å². The first-order valence-corrected chi connectivity index (χ1v) is 10.7. The van der Waals surface area contributed by atoms with E-state index in [-0.39, 0.29) is 0 Å². The maximum Gasteiger partial charge on any atom is 0.229 e. The van der Waals surface area contributed by atoms with Crippen molar-refractivity contribution in [3.63, 3.8) is 0 Å². The van der Waals surface area contributed by atoms with E-state index in [1.54, 1.807) is 12.4 Å². The lowest BCUT2D eigenvalue weighted by atomic mass is 10.1. The highest BCUT2D eigenvalue weighted by Crippen LogP contribution is 2.27. The summed E-state index contributed by atoms with van der Waals surface area (Å²) in [6.07, 6.45) is 7.30. The van der Waals surface area contributed by atoms with Crippen molar-refractivity contribution < 1.29 is 0 Å². The standard InChI is InChI=1S/C24H25N7/c1-17-7-5-10-20-21(16-26-30-23(17)20)28-22-11-12-25-24(29-22)27-18-8-6-9-19(15-18)31-13-3-2-4-14-31/h5-12,15-16H,2-4,13-14H2,1H3,(H2,25,27,28,29,30). The molecule has 0 saturated carbocycles. The van der Waals surface area contributed by atoms with Crippen molar-refractivity contribution in [2.45, 2.75) is 26.2 Å². The highest BCUT2D eigenvalue weighted by molar-refractivity contribution is 5.93. The highest BCUT2D eigenvalue weighted by Gasteiger charge is 2.12. The number of aromatic nitrogens is 4. The fraction of sp³-hybridized carbons (Fsp3) is 0.250. The van der Waals surface area contributed by atoms with Crippen LogP contribution in [0.4, 0.5) is 28.8 Å². The van der Waals surface area contributed by atoms with Gasteiger partial charge in [0.1, 0.15) is 5.82 Å². The fourth-order valence-corrected chi connectivity index (χ4v) is 4.01. The Labute approximate surface area is 181 Å². The molecule has 0 bridgehead atoms. The maximum absolute atomic E-state index is 4.64. The maximum atomic E-state index is 4.64. The second-order valence-corrected chi connectivity index (χ2v) is 7.84. The van der Waals surface area contributed by atoms with Gasteiger partial charge in [0.2, 0.25) is 5.95 Å². The van der Waals surface area contributed by atoms with E-state index in [1.165, 1.54) is 24.9 Å². The summed E-state index contributed by atoms with van der Waals surface area (Å²) in [5.74, 6) is 1.24. The molecule has 0 spiro atoms. The Morgan fingerprint density at radius 2 is 1.81 bits per heavy atom. The van der Waals surface area contributed by atoms with Crippen LogP contribution < -0.4 is 15.5 Å². The Bertz CT molecular complexity index is 1200. The number of fused-ring (bicyclic) bond motifs is 1. The molecule has 31 heavy (non-hydrogen) atoms. The quantitative estimate of drug-likeness (QED) is 0.467. The van der Waals surface area contributed by atoms with Gasteiger partial charge in [0, 0.05) is 36.0 Å². The van der Waals surface area contributed by atoms with Crippen LogP contribution in [0.2, 0.25) is 0 Å². The van der Waals surface area contributed by atoms with E-state index in [9.17, 15) is 0 Å². The molecule has 5 rings (SSSR count). The van der Waals surface area contributed by atoms with Crippen LogP contribution in [0.1, 0.15) is 24.8 Å². The molecule has 1 saturated heterocycles. The van der Waals surface area contributed by atoms with Crippen molar-refractivity contribution in [1.29, 1.82) is 0 Å². The van der Waals surface area contributed by atoms with E-state index in [0.29, 0.717) is 11.8 Å². The molecule has 3 heterocycles. The molecule has 7 nitrogen and oxygen atoms in total. The minimum atomic E-state index is 0.545. The zero-order valence-electron chi connectivity index (χ0n) is 17.5. The SMILES string of the molecule is Cc1cccc2c(Nc3ccnc(Nc4cccc(N5CCCCC5)c4)n3)cnnc12. The third-order valence-electron chi connectivity index (χ3n) is 5.61. The summed E-state index contributed by atoms with van der Waals surface area (Å²) in [6, 6.07) is 16.4. The van der Waals surface area contributed by atoms with Crippen molar-refractivity contribution in [3.8, 4) is 0 Å².